The number of nitrogens with one attached hydrogen (secondary N) is 1. The fraction of sp³-hybridized carbons (Fsp3) is 0.317. The fourth-order valence-corrected chi connectivity index (χ4v) is 7.99. The highest BCUT2D eigenvalue weighted by Gasteiger charge is 2.22. The first-order valence-corrected chi connectivity index (χ1v) is 17.7. The number of hydrogen-bond acceptors (Lipinski definition) is 7. The van der Waals surface area contributed by atoms with Crippen molar-refractivity contribution in [2.75, 3.05) is 31.5 Å². The van der Waals surface area contributed by atoms with Crippen molar-refractivity contribution in [2.24, 2.45) is 5.92 Å². The molecule has 0 bridgehead atoms. The molecule has 3 aromatic heterocycles. The summed E-state index contributed by atoms with van der Waals surface area (Å²) in [6.07, 6.45) is 5.61. The van der Waals surface area contributed by atoms with Crippen LogP contribution in [0.1, 0.15) is 42.0 Å². The molecule has 0 saturated carbocycles. The van der Waals surface area contributed by atoms with Crippen LogP contribution in [0.5, 0.6) is 0 Å². The first-order chi connectivity index (χ1) is 23.8. The number of fused-ring (bicyclic) bond motifs is 2. The summed E-state index contributed by atoms with van der Waals surface area (Å²) >= 11 is 6.79. The van der Waals surface area contributed by atoms with Gasteiger partial charge in [-0.2, -0.15) is 0 Å². The van der Waals surface area contributed by atoms with Crippen LogP contribution in [-0.2, 0) is 13.1 Å². The van der Waals surface area contributed by atoms with E-state index in [1.165, 1.54) is 12.0 Å². The van der Waals surface area contributed by atoms with E-state index >= 15 is 0 Å². The summed E-state index contributed by atoms with van der Waals surface area (Å²) < 4.78 is 6.44. The molecule has 2 N–H and O–H groups in total. The fourth-order valence-electron chi connectivity index (χ4n) is 7.70. The highest BCUT2D eigenvalue weighted by atomic mass is 35.5. The number of benzene rings is 3. The lowest BCUT2D eigenvalue weighted by Crippen LogP contribution is -2.21. The van der Waals surface area contributed by atoms with Gasteiger partial charge in [0.15, 0.2) is 11.4 Å². The van der Waals surface area contributed by atoms with E-state index in [1.807, 2.05) is 18.5 Å². The SMILES string of the molecule is Cc1c(Nc2nccc3cc(CN4CC[C@@H](O)C4)cnc23)cccc1-c1cccc(-c2cc3cc(CN4CC[C@H](C)C4)cc(Cl)c3o2)c1C. The first kappa shape index (κ1) is 32.0. The Morgan fingerprint density at radius 1 is 0.837 bits per heavy atom. The number of rotatable bonds is 8. The molecule has 2 saturated heterocycles. The third-order valence-corrected chi connectivity index (χ3v) is 10.6. The molecule has 6 aromatic rings. The topological polar surface area (TPSA) is 77.7 Å². The normalized spacial score (nSPS) is 18.6. The Labute approximate surface area is 292 Å². The van der Waals surface area contributed by atoms with Crippen molar-refractivity contribution in [2.45, 2.75) is 52.8 Å². The van der Waals surface area contributed by atoms with Crippen LogP contribution in [0.3, 0.4) is 0 Å². The predicted octanol–water partition coefficient (Wildman–Crippen LogP) is 9.13. The van der Waals surface area contributed by atoms with Gasteiger partial charge in [0.2, 0.25) is 0 Å². The second-order valence-corrected chi connectivity index (χ2v) is 14.5. The van der Waals surface area contributed by atoms with Crippen molar-refractivity contribution in [3.05, 3.63) is 106 Å². The molecule has 0 unspecified atom stereocenters. The molecule has 2 aliphatic heterocycles. The molecule has 0 spiro atoms. The third-order valence-electron chi connectivity index (χ3n) is 10.3. The first-order valence-electron chi connectivity index (χ1n) is 17.3. The summed E-state index contributed by atoms with van der Waals surface area (Å²) in [5, 5.41) is 16.3. The zero-order valence-corrected chi connectivity index (χ0v) is 29.1. The molecule has 250 valence electrons. The van der Waals surface area contributed by atoms with Crippen LogP contribution in [0.2, 0.25) is 5.02 Å². The summed E-state index contributed by atoms with van der Waals surface area (Å²) in [5.74, 6) is 2.29. The van der Waals surface area contributed by atoms with Gasteiger partial charge in [0.1, 0.15) is 11.3 Å². The molecule has 0 amide bonds. The van der Waals surface area contributed by atoms with Gasteiger partial charge in [0.25, 0.3) is 0 Å². The molecule has 8 heteroatoms. The van der Waals surface area contributed by atoms with Crippen molar-refractivity contribution in [1.82, 2.24) is 19.8 Å². The number of furan rings is 1. The Morgan fingerprint density at radius 2 is 1.57 bits per heavy atom. The maximum absolute atomic E-state index is 9.92. The van der Waals surface area contributed by atoms with Gasteiger partial charge in [-0.1, -0.05) is 48.9 Å². The molecule has 8 rings (SSSR count). The monoisotopic (exact) mass is 671 g/mol. The van der Waals surface area contributed by atoms with E-state index in [-0.39, 0.29) is 6.10 Å². The van der Waals surface area contributed by atoms with E-state index in [1.54, 1.807) is 0 Å². The molecule has 49 heavy (non-hydrogen) atoms. The average molecular weight is 672 g/mol. The van der Waals surface area contributed by atoms with Crippen molar-refractivity contribution in [3.8, 4) is 22.5 Å². The quantitative estimate of drug-likeness (QED) is 0.167. The van der Waals surface area contributed by atoms with E-state index in [4.69, 9.17) is 21.0 Å². The summed E-state index contributed by atoms with van der Waals surface area (Å²) in [6.45, 7) is 12.2. The number of nitrogens with zero attached hydrogens (tertiary/aromatic N) is 4. The van der Waals surface area contributed by atoms with Gasteiger partial charge in [-0.05, 0) is 109 Å². The highest BCUT2D eigenvalue weighted by Crippen LogP contribution is 2.39. The van der Waals surface area contributed by atoms with Gasteiger partial charge in [-0.15, -0.1) is 0 Å². The van der Waals surface area contributed by atoms with Gasteiger partial charge < -0.3 is 14.8 Å². The Bertz CT molecular complexity index is 2180. The zero-order chi connectivity index (χ0) is 33.6. The standard InChI is InChI=1S/C41H42ClN5O2/c1-25-11-14-46(21-25)22-28-16-31-19-38(49-40(31)36(42)18-28)35-8-4-6-33(26(35)2)34-7-5-9-37(27(34)3)45-41-39-30(10-13-43-41)17-29(20-44-39)23-47-15-12-32(48)24-47/h4-10,13,16-20,25,32,48H,11-12,14-15,21-24H2,1-3H3,(H,43,45)/t25-,32+/m0/s1. The van der Waals surface area contributed by atoms with Gasteiger partial charge in [-0.25, -0.2) is 4.98 Å². The maximum atomic E-state index is 9.92. The lowest BCUT2D eigenvalue weighted by atomic mass is 9.92. The minimum Gasteiger partial charge on any atom is -0.455 e. The predicted molar refractivity (Wildman–Crippen MR) is 199 cm³/mol. The number of aliphatic hydroxyl groups excluding tert-OH is 1. The molecular formula is C41H42ClN5O2. The highest BCUT2D eigenvalue weighted by molar-refractivity contribution is 6.35. The van der Waals surface area contributed by atoms with Crippen LogP contribution in [0.15, 0.2) is 83.5 Å². The van der Waals surface area contributed by atoms with E-state index in [9.17, 15) is 5.11 Å². The average Bonchev–Trinajstić information content (AvgIpc) is 3.82. The van der Waals surface area contributed by atoms with Gasteiger partial charge in [0.05, 0.1) is 11.1 Å². The third kappa shape index (κ3) is 6.44. The molecular weight excluding hydrogens is 630 g/mol. The van der Waals surface area contributed by atoms with Crippen LogP contribution >= 0.6 is 11.6 Å². The second kappa shape index (κ2) is 13.2. The van der Waals surface area contributed by atoms with E-state index in [2.05, 4.69) is 102 Å². The maximum Gasteiger partial charge on any atom is 0.156 e. The summed E-state index contributed by atoms with van der Waals surface area (Å²) in [5.41, 5.74) is 10.5. The lowest BCUT2D eigenvalue weighted by molar-refractivity contribution is 0.175. The van der Waals surface area contributed by atoms with Crippen molar-refractivity contribution in [3.63, 3.8) is 0 Å². The molecule has 0 radical (unpaired) electrons. The van der Waals surface area contributed by atoms with Gasteiger partial charge in [0, 0.05) is 67.1 Å². The van der Waals surface area contributed by atoms with Crippen LogP contribution in [0, 0.1) is 19.8 Å². The largest absolute Gasteiger partial charge is 0.455 e. The molecule has 2 aliphatic rings. The number of pyridine rings is 2. The molecule has 2 atom stereocenters. The number of likely N-dealkylation sites (tertiary alicyclic amines) is 2. The number of aliphatic hydroxyl groups is 1. The minimum absolute atomic E-state index is 0.231. The molecule has 7 nitrogen and oxygen atoms in total. The smallest absolute Gasteiger partial charge is 0.156 e. The number of halogens is 1. The molecule has 3 aromatic carbocycles. The molecule has 0 aliphatic carbocycles. The Morgan fingerprint density at radius 3 is 2.37 bits per heavy atom. The van der Waals surface area contributed by atoms with E-state index in [0.717, 1.165) is 118 Å². The molecule has 5 heterocycles. The number of anilines is 2. The van der Waals surface area contributed by atoms with Crippen molar-refractivity contribution < 1.29 is 9.52 Å². The Balaban J connectivity index is 1.07. The Kier molecular flexibility index (Phi) is 8.62. The number of aromatic nitrogens is 2. The van der Waals surface area contributed by atoms with E-state index in [0.29, 0.717) is 11.6 Å². The van der Waals surface area contributed by atoms with Gasteiger partial charge >= 0.3 is 0 Å². The Hall–Kier alpha value is -4.27. The number of β-amino-alcohol motifs (C(OH)–C–C–N with tert-alkyl or cyclic N) is 1. The van der Waals surface area contributed by atoms with Crippen molar-refractivity contribution in [1.29, 1.82) is 0 Å². The van der Waals surface area contributed by atoms with Crippen molar-refractivity contribution >= 4 is 45.0 Å². The zero-order valence-electron chi connectivity index (χ0n) is 28.3. The van der Waals surface area contributed by atoms with Crippen LogP contribution in [0.4, 0.5) is 11.5 Å². The molecule has 2 fully saturated rings. The van der Waals surface area contributed by atoms with Crippen LogP contribution in [-0.4, -0.2) is 57.2 Å². The lowest BCUT2D eigenvalue weighted by Gasteiger charge is -2.17. The minimum atomic E-state index is -0.231. The number of hydrogen-bond donors (Lipinski definition) is 2. The van der Waals surface area contributed by atoms with Crippen LogP contribution in [0.25, 0.3) is 44.3 Å². The van der Waals surface area contributed by atoms with E-state index < -0.39 is 0 Å². The summed E-state index contributed by atoms with van der Waals surface area (Å²) in [7, 11) is 0. The summed E-state index contributed by atoms with van der Waals surface area (Å²) in [6, 6.07) is 23.4. The summed E-state index contributed by atoms with van der Waals surface area (Å²) in [4.78, 5) is 14.3. The van der Waals surface area contributed by atoms with Crippen LogP contribution < -0.4 is 5.32 Å². The van der Waals surface area contributed by atoms with Gasteiger partial charge in [-0.3, -0.25) is 14.8 Å². The second-order valence-electron chi connectivity index (χ2n) is 14.1.